The highest BCUT2D eigenvalue weighted by molar-refractivity contribution is 7.85. The van der Waals surface area contributed by atoms with Crippen molar-refractivity contribution in [2.45, 2.75) is 166 Å². The summed E-state index contributed by atoms with van der Waals surface area (Å²) in [6, 6.07) is 0. The standard InChI is InChI=1S/C37H64O12S/c1-3-5-7-9-11-13-14-15-16-18-20-22-24-26-33(39)48-30(27-46-32(38)25-23-21-19-17-12-10-8-6-4-2)28-47-37-36(42)35(41)34(40)31(49-37)29-50(43,44)45/h5,7,9,11,13-14,30-31,34-37,40-42H,3-4,6,8,10,12,15-29H2,1-2H3,(H,43,44,45)/b7-5+,11-9+,14-13+/t30?,31-,34-,35?,36?,37+/m1/s1. The van der Waals surface area contributed by atoms with Crippen molar-refractivity contribution in [2.75, 3.05) is 19.0 Å². The number of aliphatic hydroxyl groups excluding tert-OH is 3. The number of esters is 2. The number of carbonyl (C=O) groups is 2. The van der Waals surface area contributed by atoms with Crippen molar-refractivity contribution < 1.29 is 56.8 Å². The quantitative estimate of drug-likeness (QED) is 0.0310. The van der Waals surface area contributed by atoms with Crippen molar-refractivity contribution in [1.29, 1.82) is 0 Å². The molecule has 1 heterocycles. The minimum atomic E-state index is -4.60. The van der Waals surface area contributed by atoms with Crippen LogP contribution in [-0.4, -0.2) is 96.0 Å². The lowest BCUT2D eigenvalue weighted by Crippen LogP contribution is -2.60. The topological polar surface area (TPSA) is 186 Å². The first-order valence-corrected chi connectivity index (χ1v) is 20.2. The molecule has 290 valence electrons. The average Bonchev–Trinajstić information content (AvgIpc) is 3.07. The second-order valence-electron chi connectivity index (χ2n) is 12.9. The summed E-state index contributed by atoms with van der Waals surface area (Å²) >= 11 is 0. The number of ether oxygens (including phenoxy) is 4. The van der Waals surface area contributed by atoms with Gasteiger partial charge in [-0.05, 0) is 32.1 Å². The van der Waals surface area contributed by atoms with Gasteiger partial charge in [-0.1, -0.05) is 121 Å². The summed E-state index contributed by atoms with van der Waals surface area (Å²) in [6.07, 6.45) is 19.3. The highest BCUT2D eigenvalue weighted by atomic mass is 32.2. The number of unbranched alkanes of at least 4 members (excludes halogenated alkanes) is 13. The maximum absolute atomic E-state index is 12.7. The van der Waals surface area contributed by atoms with Gasteiger partial charge in [-0.2, -0.15) is 8.42 Å². The number of allylic oxidation sites excluding steroid dienone is 6. The van der Waals surface area contributed by atoms with E-state index in [1.807, 2.05) is 24.3 Å². The summed E-state index contributed by atoms with van der Waals surface area (Å²) in [7, 11) is -4.60. The Morgan fingerprint density at radius 1 is 0.700 bits per heavy atom. The molecule has 0 aromatic carbocycles. The van der Waals surface area contributed by atoms with Crippen LogP contribution in [0.4, 0.5) is 0 Å². The summed E-state index contributed by atoms with van der Waals surface area (Å²) in [5.74, 6) is -2.02. The molecule has 0 aromatic heterocycles. The zero-order valence-electron chi connectivity index (χ0n) is 30.2. The van der Waals surface area contributed by atoms with Crippen LogP contribution in [0.1, 0.15) is 129 Å². The molecule has 0 bridgehead atoms. The summed E-state index contributed by atoms with van der Waals surface area (Å²) in [4.78, 5) is 25.1. The third-order valence-electron chi connectivity index (χ3n) is 8.30. The van der Waals surface area contributed by atoms with Gasteiger partial charge in [0.2, 0.25) is 0 Å². The molecule has 0 saturated carbocycles. The predicted molar refractivity (Wildman–Crippen MR) is 192 cm³/mol. The van der Waals surface area contributed by atoms with E-state index in [-0.39, 0.29) is 19.4 Å². The fourth-order valence-electron chi connectivity index (χ4n) is 5.38. The van der Waals surface area contributed by atoms with Crippen molar-refractivity contribution >= 4 is 22.1 Å². The molecule has 0 aliphatic carbocycles. The monoisotopic (exact) mass is 732 g/mol. The molecule has 0 radical (unpaired) electrons. The lowest BCUT2D eigenvalue weighted by molar-refractivity contribution is -0.297. The highest BCUT2D eigenvalue weighted by Crippen LogP contribution is 2.24. The van der Waals surface area contributed by atoms with E-state index in [0.29, 0.717) is 12.8 Å². The van der Waals surface area contributed by atoms with E-state index < -0.39 is 71.2 Å². The SMILES string of the molecule is CC/C=C/C=C/C=C/CCCCCCCC(=O)OC(COC(=O)CCCCCCCCCCC)CO[C@H]1O[C@H](CS(=O)(=O)O)[C@@H](O)C(O)C1O. The molecule has 0 spiro atoms. The Labute approximate surface area is 300 Å². The van der Waals surface area contributed by atoms with Gasteiger partial charge in [-0.3, -0.25) is 14.1 Å². The second kappa shape index (κ2) is 28.5. The van der Waals surface area contributed by atoms with E-state index in [1.54, 1.807) is 0 Å². The van der Waals surface area contributed by atoms with Gasteiger partial charge in [-0.15, -0.1) is 0 Å². The predicted octanol–water partition coefficient (Wildman–Crippen LogP) is 5.88. The van der Waals surface area contributed by atoms with Crippen LogP contribution >= 0.6 is 0 Å². The molecule has 3 unspecified atom stereocenters. The molecule has 50 heavy (non-hydrogen) atoms. The normalized spacial score (nSPS) is 22.1. The minimum Gasteiger partial charge on any atom is -0.462 e. The Bertz CT molecular complexity index is 1090. The highest BCUT2D eigenvalue weighted by Gasteiger charge is 2.46. The summed E-state index contributed by atoms with van der Waals surface area (Å²) in [5, 5.41) is 30.7. The van der Waals surface area contributed by atoms with Crippen molar-refractivity contribution in [2.24, 2.45) is 0 Å². The Morgan fingerprint density at radius 2 is 1.26 bits per heavy atom. The van der Waals surface area contributed by atoms with Crippen LogP contribution in [0.15, 0.2) is 36.5 Å². The number of hydrogen-bond donors (Lipinski definition) is 4. The maximum atomic E-state index is 12.7. The van der Waals surface area contributed by atoms with Crippen molar-refractivity contribution in [3.63, 3.8) is 0 Å². The average molecular weight is 733 g/mol. The molecule has 6 atom stereocenters. The van der Waals surface area contributed by atoms with E-state index >= 15 is 0 Å². The molecule has 13 heteroatoms. The molecular weight excluding hydrogens is 668 g/mol. The van der Waals surface area contributed by atoms with E-state index in [9.17, 15) is 37.9 Å². The molecule has 1 aliphatic heterocycles. The number of rotatable bonds is 29. The van der Waals surface area contributed by atoms with Crippen LogP contribution in [0.3, 0.4) is 0 Å². The second-order valence-corrected chi connectivity index (χ2v) is 14.4. The third-order valence-corrected chi connectivity index (χ3v) is 9.05. The summed E-state index contributed by atoms with van der Waals surface area (Å²) in [6.45, 7) is 3.54. The Hall–Kier alpha value is -2.13. The number of aliphatic hydroxyl groups is 3. The van der Waals surface area contributed by atoms with E-state index in [1.165, 1.54) is 32.1 Å². The lowest BCUT2D eigenvalue weighted by Gasteiger charge is -2.40. The smallest absolute Gasteiger partial charge is 0.306 e. The Kier molecular flexibility index (Phi) is 26.1. The minimum absolute atomic E-state index is 0.142. The van der Waals surface area contributed by atoms with Crippen LogP contribution in [0.5, 0.6) is 0 Å². The Balaban J connectivity index is 2.57. The van der Waals surface area contributed by atoms with Gasteiger partial charge in [0.15, 0.2) is 12.4 Å². The van der Waals surface area contributed by atoms with Gasteiger partial charge in [0.25, 0.3) is 10.1 Å². The maximum Gasteiger partial charge on any atom is 0.306 e. The van der Waals surface area contributed by atoms with E-state index in [0.717, 1.165) is 57.8 Å². The van der Waals surface area contributed by atoms with Gasteiger partial charge >= 0.3 is 11.9 Å². The van der Waals surface area contributed by atoms with Crippen LogP contribution in [0.25, 0.3) is 0 Å². The molecular formula is C37H64O12S. The van der Waals surface area contributed by atoms with Gasteiger partial charge in [0, 0.05) is 12.8 Å². The third kappa shape index (κ3) is 23.4. The first-order chi connectivity index (χ1) is 24.0. The largest absolute Gasteiger partial charge is 0.462 e. The first-order valence-electron chi connectivity index (χ1n) is 18.6. The van der Waals surface area contributed by atoms with E-state index in [4.69, 9.17) is 18.9 Å². The van der Waals surface area contributed by atoms with Crippen LogP contribution < -0.4 is 0 Å². The van der Waals surface area contributed by atoms with E-state index in [2.05, 4.69) is 26.0 Å². The fourth-order valence-corrected chi connectivity index (χ4v) is 6.07. The summed E-state index contributed by atoms with van der Waals surface area (Å²) in [5.41, 5.74) is 0. The number of carbonyl (C=O) groups excluding carboxylic acids is 2. The zero-order chi connectivity index (χ0) is 37.0. The molecule has 0 aromatic rings. The van der Waals surface area contributed by atoms with Gasteiger partial charge in [0.1, 0.15) is 36.8 Å². The molecule has 1 saturated heterocycles. The summed E-state index contributed by atoms with van der Waals surface area (Å²) < 4.78 is 53.7. The Morgan fingerprint density at radius 3 is 1.86 bits per heavy atom. The molecule has 0 amide bonds. The molecule has 1 rings (SSSR count). The van der Waals surface area contributed by atoms with Crippen molar-refractivity contribution in [3.8, 4) is 0 Å². The van der Waals surface area contributed by atoms with Crippen molar-refractivity contribution in [3.05, 3.63) is 36.5 Å². The molecule has 1 fully saturated rings. The molecule has 1 aliphatic rings. The molecule has 4 N–H and O–H groups in total. The van der Waals surface area contributed by atoms with Gasteiger partial charge in [0.05, 0.1) is 6.61 Å². The first kappa shape index (κ1) is 45.9. The number of hydrogen-bond acceptors (Lipinski definition) is 11. The van der Waals surface area contributed by atoms with Crippen LogP contribution in [0.2, 0.25) is 0 Å². The van der Waals surface area contributed by atoms with Crippen LogP contribution in [-0.2, 0) is 38.7 Å². The van der Waals surface area contributed by atoms with Gasteiger partial charge in [-0.25, -0.2) is 0 Å². The molecule has 12 nitrogen and oxygen atoms in total. The fraction of sp³-hybridized carbons (Fsp3) is 0.784. The van der Waals surface area contributed by atoms with Gasteiger partial charge < -0.3 is 34.3 Å². The lowest BCUT2D eigenvalue weighted by atomic mass is 10.00. The van der Waals surface area contributed by atoms with Crippen molar-refractivity contribution in [1.82, 2.24) is 0 Å². The van der Waals surface area contributed by atoms with Crippen LogP contribution in [0, 0.1) is 0 Å². The zero-order valence-corrected chi connectivity index (χ0v) is 31.1.